The first-order valence-corrected chi connectivity index (χ1v) is 6.03. The maximum atomic E-state index is 11.8. The first kappa shape index (κ1) is 13.9. The van der Waals surface area contributed by atoms with Crippen LogP contribution in [0.1, 0.15) is 26.4 Å². The van der Waals surface area contributed by atoms with E-state index >= 15 is 0 Å². The molecule has 0 saturated carbocycles. The van der Waals surface area contributed by atoms with Crippen LogP contribution >= 0.6 is 0 Å². The summed E-state index contributed by atoms with van der Waals surface area (Å²) >= 11 is 0. The lowest BCUT2D eigenvalue weighted by Gasteiger charge is -2.07. The van der Waals surface area contributed by atoms with Crippen molar-refractivity contribution in [2.45, 2.75) is 6.92 Å². The molecule has 0 amide bonds. The molecular weight excluding hydrogens is 258 g/mol. The second-order valence-corrected chi connectivity index (χ2v) is 4.30. The molecule has 5 heteroatoms. The summed E-state index contributed by atoms with van der Waals surface area (Å²) in [5.74, 6) is -1.01. The van der Waals surface area contributed by atoms with Gasteiger partial charge in [-0.1, -0.05) is 17.7 Å². The Morgan fingerprint density at radius 3 is 2.15 bits per heavy atom. The van der Waals surface area contributed by atoms with Crippen molar-refractivity contribution in [3.8, 4) is 5.69 Å². The summed E-state index contributed by atoms with van der Waals surface area (Å²) < 4.78 is 11.0. The molecule has 0 saturated heterocycles. The number of ether oxygens (including phenoxy) is 2. The Hall–Kier alpha value is -2.56. The molecule has 0 spiro atoms. The van der Waals surface area contributed by atoms with E-state index in [0.717, 1.165) is 11.3 Å². The van der Waals surface area contributed by atoms with E-state index < -0.39 is 11.9 Å². The summed E-state index contributed by atoms with van der Waals surface area (Å²) in [5, 5.41) is 0. The molecule has 0 radical (unpaired) electrons. The molecule has 1 aromatic carbocycles. The number of esters is 2. The fourth-order valence-electron chi connectivity index (χ4n) is 1.87. The van der Waals surface area contributed by atoms with E-state index in [2.05, 4.69) is 4.74 Å². The Morgan fingerprint density at radius 2 is 1.60 bits per heavy atom. The molecule has 1 aromatic heterocycles. The molecular formula is C15H15NO4. The van der Waals surface area contributed by atoms with Crippen molar-refractivity contribution in [2.75, 3.05) is 14.2 Å². The highest BCUT2D eigenvalue weighted by Crippen LogP contribution is 2.18. The Labute approximate surface area is 116 Å². The smallest absolute Gasteiger partial charge is 0.355 e. The lowest BCUT2D eigenvalue weighted by molar-refractivity contribution is 0.0590. The summed E-state index contributed by atoms with van der Waals surface area (Å²) in [6.45, 7) is 1.97. The molecule has 2 rings (SSSR count). The van der Waals surface area contributed by atoms with Crippen LogP contribution in [0.25, 0.3) is 5.69 Å². The van der Waals surface area contributed by atoms with Crippen LogP contribution in [0.15, 0.2) is 36.5 Å². The fraction of sp³-hybridized carbons (Fsp3) is 0.200. The number of aryl methyl sites for hydroxylation is 1. The molecule has 1 heterocycles. The van der Waals surface area contributed by atoms with Gasteiger partial charge in [0.15, 0.2) is 0 Å². The zero-order chi connectivity index (χ0) is 14.7. The van der Waals surface area contributed by atoms with E-state index in [4.69, 9.17) is 4.74 Å². The lowest BCUT2D eigenvalue weighted by Crippen LogP contribution is -2.08. The predicted octanol–water partition coefficient (Wildman–Crippen LogP) is 2.36. The van der Waals surface area contributed by atoms with Crippen molar-refractivity contribution in [3.05, 3.63) is 53.3 Å². The van der Waals surface area contributed by atoms with E-state index in [9.17, 15) is 9.59 Å². The van der Waals surface area contributed by atoms with Crippen LogP contribution < -0.4 is 0 Å². The third kappa shape index (κ3) is 2.56. The highest BCUT2D eigenvalue weighted by molar-refractivity contribution is 5.95. The Kier molecular flexibility index (Phi) is 3.89. The van der Waals surface area contributed by atoms with Gasteiger partial charge in [0.25, 0.3) is 0 Å². The van der Waals surface area contributed by atoms with Gasteiger partial charge in [0, 0.05) is 11.9 Å². The average Bonchev–Trinajstić information content (AvgIpc) is 2.91. The van der Waals surface area contributed by atoms with Crippen LogP contribution in [0.3, 0.4) is 0 Å². The van der Waals surface area contributed by atoms with Crippen molar-refractivity contribution in [1.29, 1.82) is 0 Å². The third-order valence-electron chi connectivity index (χ3n) is 2.95. The van der Waals surface area contributed by atoms with Gasteiger partial charge in [0.05, 0.1) is 19.8 Å². The second-order valence-electron chi connectivity index (χ2n) is 4.30. The Balaban J connectivity index is 2.54. The van der Waals surface area contributed by atoms with Crippen LogP contribution in [0.5, 0.6) is 0 Å². The monoisotopic (exact) mass is 273 g/mol. The largest absolute Gasteiger partial charge is 0.465 e. The van der Waals surface area contributed by atoms with Gasteiger partial charge in [0.2, 0.25) is 0 Å². The van der Waals surface area contributed by atoms with Gasteiger partial charge >= 0.3 is 11.9 Å². The van der Waals surface area contributed by atoms with Crippen LogP contribution in [0.2, 0.25) is 0 Å². The number of methoxy groups -OCH3 is 2. The molecule has 0 N–H and O–H groups in total. The summed E-state index contributed by atoms with van der Waals surface area (Å²) in [7, 11) is 2.59. The zero-order valence-electron chi connectivity index (χ0n) is 11.5. The number of hydrogen-bond acceptors (Lipinski definition) is 4. The molecule has 0 aliphatic heterocycles. The standard InChI is InChI=1S/C15H15NO4/c1-10-4-6-12(7-5-10)16-9-11(14(17)19-2)8-13(16)15(18)20-3/h4-9H,1-3H3. The van der Waals surface area contributed by atoms with Gasteiger partial charge in [-0.15, -0.1) is 0 Å². The van der Waals surface area contributed by atoms with E-state index in [0.29, 0.717) is 5.56 Å². The minimum atomic E-state index is -0.513. The zero-order valence-corrected chi connectivity index (χ0v) is 11.5. The van der Waals surface area contributed by atoms with Gasteiger partial charge < -0.3 is 14.0 Å². The van der Waals surface area contributed by atoms with Gasteiger partial charge in [-0.2, -0.15) is 0 Å². The summed E-state index contributed by atoms with van der Waals surface area (Å²) in [6, 6.07) is 9.03. The lowest BCUT2D eigenvalue weighted by atomic mass is 10.2. The van der Waals surface area contributed by atoms with Crippen LogP contribution in [-0.2, 0) is 9.47 Å². The van der Waals surface area contributed by atoms with Crippen molar-refractivity contribution >= 4 is 11.9 Å². The molecule has 0 fully saturated rings. The van der Waals surface area contributed by atoms with Gasteiger partial charge in [-0.25, -0.2) is 9.59 Å². The molecule has 2 aromatic rings. The number of rotatable bonds is 3. The minimum absolute atomic E-state index is 0.275. The first-order valence-electron chi connectivity index (χ1n) is 6.03. The molecule has 0 atom stereocenters. The summed E-state index contributed by atoms with van der Waals surface area (Å²) in [6.07, 6.45) is 1.56. The number of nitrogens with zero attached hydrogens (tertiary/aromatic N) is 1. The predicted molar refractivity (Wildman–Crippen MR) is 73.2 cm³/mol. The molecule has 0 unspecified atom stereocenters. The van der Waals surface area contributed by atoms with Crippen molar-refractivity contribution in [1.82, 2.24) is 4.57 Å². The van der Waals surface area contributed by atoms with E-state index in [1.54, 1.807) is 10.8 Å². The van der Waals surface area contributed by atoms with E-state index in [1.165, 1.54) is 20.3 Å². The SMILES string of the molecule is COC(=O)c1cc(C(=O)OC)n(-c2ccc(C)cc2)c1. The van der Waals surface area contributed by atoms with Crippen LogP contribution in [0.4, 0.5) is 0 Å². The van der Waals surface area contributed by atoms with Crippen molar-refractivity contribution in [3.63, 3.8) is 0 Å². The Morgan fingerprint density at radius 1 is 1.00 bits per heavy atom. The average molecular weight is 273 g/mol. The van der Waals surface area contributed by atoms with Gasteiger partial charge in [-0.3, -0.25) is 0 Å². The number of aromatic nitrogens is 1. The minimum Gasteiger partial charge on any atom is -0.465 e. The number of carbonyl (C=O) groups is 2. The maximum Gasteiger partial charge on any atom is 0.355 e. The number of hydrogen-bond donors (Lipinski definition) is 0. The summed E-state index contributed by atoms with van der Waals surface area (Å²) in [5.41, 5.74) is 2.45. The number of carbonyl (C=O) groups excluding carboxylic acids is 2. The Bertz CT molecular complexity index is 640. The highest BCUT2D eigenvalue weighted by atomic mass is 16.5. The van der Waals surface area contributed by atoms with Crippen LogP contribution in [-0.4, -0.2) is 30.7 Å². The van der Waals surface area contributed by atoms with Gasteiger partial charge in [0.1, 0.15) is 5.69 Å². The molecule has 0 aliphatic carbocycles. The van der Waals surface area contributed by atoms with E-state index in [1.807, 2.05) is 31.2 Å². The fourth-order valence-corrected chi connectivity index (χ4v) is 1.87. The van der Waals surface area contributed by atoms with Crippen molar-refractivity contribution in [2.24, 2.45) is 0 Å². The quantitative estimate of drug-likeness (QED) is 0.805. The maximum absolute atomic E-state index is 11.8. The topological polar surface area (TPSA) is 57.5 Å². The normalized spacial score (nSPS) is 10.2. The highest BCUT2D eigenvalue weighted by Gasteiger charge is 2.19. The van der Waals surface area contributed by atoms with E-state index in [-0.39, 0.29) is 5.69 Å². The molecule has 5 nitrogen and oxygen atoms in total. The third-order valence-corrected chi connectivity index (χ3v) is 2.95. The molecule has 0 bridgehead atoms. The van der Waals surface area contributed by atoms with Gasteiger partial charge in [-0.05, 0) is 25.1 Å². The first-order chi connectivity index (χ1) is 9.56. The van der Waals surface area contributed by atoms with Crippen LogP contribution in [0, 0.1) is 6.92 Å². The number of benzene rings is 1. The molecule has 20 heavy (non-hydrogen) atoms. The second kappa shape index (κ2) is 5.61. The molecule has 104 valence electrons. The summed E-state index contributed by atoms with van der Waals surface area (Å²) in [4.78, 5) is 23.4. The molecule has 0 aliphatic rings. The van der Waals surface area contributed by atoms with Crippen molar-refractivity contribution < 1.29 is 19.1 Å².